The van der Waals surface area contributed by atoms with Gasteiger partial charge in [0, 0.05) is 48.3 Å². The van der Waals surface area contributed by atoms with Crippen molar-refractivity contribution in [2.45, 2.75) is 0 Å². The molecule has 206 valence electrons. The molecule has 0 unspecified atom stereocenters. The minimum atomic E-state index is 0.0173. The average Bonchev–Trinajstić information content (AvgIpc) is 3.65. The number of anilines is 2. The zero-order chi connectivity index (χ0) is 28.4. The van der Waals surface area contributed by atoms with Gasteiger partial charge in [-0.05, 0) is 55.6 Å². The molecule has 0 atom stereocenters. The average molecular weight is 554 g/mol. The van der Waals surface area contributed by atoms with Crippen LogP contribution in [0.5, 0.6) is 0 Å². The first-order chi connectivity index (χ1) is 20.6. The summed E-state index contributed by atoms with van der Waals surface area (Å²) in [7, 11) is 2.07. The SMILES string of the molecule is CN(CCNc1ccc2ncn3c4ccccc4c(=O)c1c23)CCNc1ccc2ncn3c4ccccc4c(=O)c1c23. The van der Waals surface area contributed by atoms with Crippen LogP contribution in [0.4, 0.5) is 11.4 Å². The Morgan fingerprint density at radius 3 is 1.57 bits per heavy atom. The maximum absolute atomic E-state index is 13.5. The van der Waals surface area contributed by atoms with Crippen LogP contribution in [0.1, 0.15) is 0 Å². The normalized spacial score (nSPS) is 12.2. The van der Waals surface area contributed by atoms with E-state index in [2.05, 4.69) is 32.5 Å². The molecule has 0 aliphatic carbocycles. The number of benzene rings is 4. The van der Waals surface area contributed by atoms with E-state index < -0.39 is 0 Å². The Bertz CT molecular complexity index is 2230. The van der Waals surface area contributed by atoms with Gasteiger partial charge in [-0.15, -0.1) is 0 Å². The number of pyridine rings is 2. The molecule has 0 radical (unpaired) electrons. The summed E-state index contributed by atoms with van der Waals surface area (Å²) in [6, 6.07) is 23.1. The van der Waals surface area contributed by atoms with Crippen LogP contribution in [-0.4, -0.2) is 56.9 Å². The van der Waals surface area contributed by atoms with Gasteiger partial charge in [0.2, 0.25) is 0 Å². The van der Waals surface area contributed by atoms with Gasteiger partial charge >= 0.3 is 0 Å². The molecule has 4 aromatic heterocycles. The maximum Gasteiger partial charge on any atom is 0.199 e. The summed E-state index contributed by atoms with van der Waals surface area (Å²) in [5, 5.41) is 9.69. The first kappa shape index (κ1) is 24.5. The second kappa shape index (κ2) is 9.39. The molecular weight excluding hydrogens is 526 g/mol. The fourth-order valence-corrected chi connectivity index (χ4v) is 6.23. The van der Waals surface area contributed by atoms with Gasteiger partial charge in [-0.3, -0.25) is 18.4 Å². The molecule has 0 fully saturated rings. The number of nitrogens with one attached hydrogen (secondary N) is 2. The number of aromatic nitrogens is 4. The molecular formula is C33H27N7O2. The number of nitrogens with zero attached hydrogens (tertiary/aromatic N) is 5. The van der Waals surface area contributed by atoms with E-state index in [1.165, 1.54) is 0 Å². The molecule has 42 heavy (non-hydrogen) atoms. The second-order valence-corrected chi connectivity index (χ2v) is 10.8. The third-order valence-corrected chi connectivity index (χ3v) is 8.31. The highest BCUT2D eigenvalue weighted by Crippen LogP contribution is 2.29. The van der Waals surface area contributed by atoms with E-state index in [1.54, 1.807) is 12.7 Å². The fourth-order valence-electron chi connectivity index (χ4n) is 6.23. The molecule has 0 aliphatic rings. The molecule has 9 nitrogen and oxygen atoms in total. The molecule has 0 saturated carbocycles. The summed E-state index contributed by atoms with van der Waals surface area (Å²) in [4.78, 5) is 38.2. The van der Waals surface area contributed by atoms with E-state index in [4.69, 9.17) is 0 Å². The highest BCUT2D eigenvalue weighted by Gasteiger charge is 2.17. The minimum Gasteiger partial charge on any atom is -0.383 e. The van der Waals surface area contributed by atoms with Crippen LogP contribution >= 0.6 is 0 Å². The summed E-state index contributed by atoms with van der Waals surface area (Å²) in [5.74, 6) is 0. The highest BCUT2D eigenvalue weighted by molar-refractivity contribution is 6.08. The number of rotatable bonds is 8. The molecule has 0 saturated heterocycles. The first-order valence-corrected chi connectivity index (χ1v) is 14.0. The van der Waals surface area contributed by atoms with Crippen LogP contribution in [0.15, 0.2) is 95.0 Å². The van der Waals surface area contributed by atoms with Crippen LogP contribution in [-0.2, 0) is 0 Å². The lowest BCUT2D eigenvalue weighted by atomic mass is 10.1. The highest BCUT2D eigenvalue weighted by atomic mass is 16.1. The van der Waals surface area contributed by atoms with Crippen molar-refractivity contribution in [1.82, 2.24) is 23.7 Å². The van der Waals surface area contributed by atoms with Crippen molar-refractivity contribution in [2.24, 2.45) is 0 Å². The van der Waals surface area contributed by atoms with E-state index in [-0.39, 0.29) is 10.9 Å². The number of likely N-dealkylation sites (N-methyl/N-ethyl adjacent to an activating group) is 1. The fraction of sp³-hybridized carbons (Fsp3) is 0.152. The Morgan fingerprint density at radius 1 is 0.643 bits per heavy atom. The molecule has 2 N–H and O–H groups in total. The van der Waals surface area contributed by atoms with Crippen LogP contribution in [0, 0.1) is 0 Å². The number of para-hydroxylation sites is 2. The van der Waals surface area contributed by atoms with Gasteiger partial charge in [0.05, 0.1) is 43.9 Å². The Balaban J connectivity index is 0.986. The van der Waals surface area contributed by atoms with E-state index in [0.29, 0.717) is 34.6 Å². The van der Waals surface area contributed by atoms with E-state index in [1.807, 2.05) is 81.6 Å². The van der Waals surface area contributed by atoms with E-state index >= 15 is 0 Å². The van der Waals surface area contributed by atoms with Gasteiger partial charge < -0.3 is 15.5 Å². The Kier molecular flexibility index (Phi) is 5.48. The number of imidazole rings is 2. The Morgan fingerprint density at radius 2 is 1.10 bits per heavy atom. The number of hydrogen-bond acceptors (Lipinski definition) is 7. The van der Waals surface area contributed by atoms with Crippen LogP contribution in [0.3, 0.4) is 0 Å². The first-order valence-electron chi connectivity index (χ1n) is 14.0. The number of hydrogen-bond donors (Lipinski definition) is 2. The maximum atomic E-state index is 13.5. The quantitative estimate of drug-likeness (QED) is 0.265. The third kappa shape index (κ3) is 3.60. The van der Waals surface area contributed by atoms with Gasteiger partial charge in [-0.2, -0.15) is 0 Å². The second-order valence-electron chi connectivity index (χ2n) is 10.8. The summed E-state index contributed by atoms with van der Waals surface area (Å²) >= 11 is 0. The van der Waals surface area contributed by atoms with Crippen molar-refractivity contribution in [3.05, 3.63) is 106 Å². The van der Waals surface area contributed by atoms with Gasteiger partial charge in [-0.25, -0.2) is 9.97 Å². The van der Waals surface area contributed by atoms with Crippen LogP contribution in [0.25, 0.3) is 54.6 Å². The summed E-state index contributed by atoms with van der Waals surface area (Å²) in [5.41, 5.74) is 6.72. The predicted molar refractivity (Wildman–Crippen MR) is 170 cm³/mol. The third-order valence-electron chi connectivity index (χ3n) is 8.31. The van der Waals surface area contributed by atoms with Crippen molar-refractivity contribution < 1.29 is 0 Å². The topological polar surface area (TPSA) is 96.0 Å². The minimum absolute atomic E-state index is 0.0173. The van der Waals surface area contributed by atoms with Crippen molar-refractivity contribution in [2.75, 3.05) is 43.9 Å². The zero-order valence-electron chi connectivity index (χ0n) is 23.0. The van der Waals surface area contributed by atoms with Crippen molar-refractivity contribution in [3.63, 3.8) is 0 Å². The smallest absolute Gasteiger partial charge is 0.199 e. The summed E-state index contributed by atoms with van der Waals surface area (Å²) in [6.45, 7) is 2.88. The molecule has 0 spiro atoms. The van der Waals surface area contributed by atoms with Crippen molar-refractivity contribution in [1.29, 1.82) is 0 Å². The summed E-state index contributed by atoms with van der Waals surface area (Å²) in [6.07, 6.45) is 3.58. The molecule has 4 aromatic carbocycles. The zero-order valence-corrected chi connectivity index (χ0v) is 23.0. The Hall–Kier alpha value is -5.28. The van der Waals surface area contributed by atoms with Crippen LogP contribution < -0.4 is 21.5 Å². The lowest BCUT2D eigenvalue weighted by Crippen LogP contribution is -2.30. The molecule has 8 rings (SSSR count). The standard InChI is InChI=1S/C33H27N7O2/c1-38(16-14-34-22-10-12-24-30-28(22)32(41)20-6-2-4-8-26(20)39(30)18-36-24)17-15-35-23-11-13-25-31-29(23)33(42)21-7-3-5-9-27(21)40(31)19-37-25/h2-13,18-19,34-35H,14-17H2,1H3. The van der Waals surface area contributed by atoms with E-state index in [0.717, 1.165) is 57.6 Å². The monoisotopic (exact) mass is 553 g/mol. The van der Waals surface area contributed by atoms with E-state index in [9.17, 15) is 9.59 Å². The van der Waals surface area contributed by atoms with Crippen molar-refractivity contribution >= 4 is 66.0 Å². The molecule has 4 heterocycles. The molecule has 0 amide bonds. The predicted octanol–water partition coefficient (Wildman–Crippen LogP) is 4.65. The lowest BCUT2D eigenvalue weighted by Gasteiger charge is -2.19. The van der Waals surface area contributed by atoms with Gasteiger partial charge in [0.15, 0.2) is 10.9 Å². The lowest BCUT2D eigenvalue weighted by molar-refractivity contribution is 0.361. The largest absolute Gasteiger partial charge is 0.383 e. The molecule has 9 heteroatoms. The van der Waals surface area contributed by atoms with Gasteiger partial charge in [0.1, 0.15) is 12.7 Å². The van der Waals surface area contributed by atoms with Gasteiger partial charge in [0.25, 0.3) is 0 Å². The van der Waals surface area contributed by atoms with Crippen LogP contribution in [0.2, 0.25) is 0 Å². The van der Waals surface area contributed by atoms with Crippen molar-refractivity contribution in [3.8, 4) is 0 Å². The van der Waals surface area contributed by atoms with Gasteiger partial charge in [-0.1, -0.05) is 24.3 Å². The molecule has 8 aromatic rings. The Labute approximate surface area is 239 Å². The molecule has 0 bridgehead atoms. The molecule has 0 aliphatic heterocycles. The number of fused-ring (bicyclic) bond motifs is 4. The summed E-state index contributed by atoms with van der Waals surface area (Å²) < 4.78 is 4.01.